The molecular formula is C15H33N2O2+. The molecule has 4 heteroatoms. The van der Waals surface area contributed by atoms with E-state index in [9.17, 15) is 4.79 Å². The summed E-state index contributed by atoms with van der Waals surface area (Å²) in [6.07, 6.45) is 4.17. The average Bonchev–Trinajstić information content (AvgIpc) is 2.38. The van der Waals surface area contributed by atoms with Crippen LogP contribution in [0.5, 0.6) is 0 Å². The predicted octanol–water partition coefficient (Wildman–Crippen LogP) is 3.12. The Bertz CT molecular complexity index is 234. The van der Waals surface area contributed by atoms with Crippen molar-refractivity contribution in [1.82, 2.24) is 4.90 Å². The number of unbranched alkanes of at least 4 members (excludes halogenated alkanes) is 2. The normalized spacial score (nSPS) is 11.4. The highest BCUT2D eigenvalue weighted by Gasteiger charge is 2.16. The third-order valence-corrected chi connectivity index (χ3v) is 3.60. The van der Waals surface area contributed by atoms with Crippen LogP contribution in [0.3, 0.4) is 0 Å². The number of hydrogen-bond donors (Lipinski definition) is 0. The van der Waals surface area contributed by atoms with Crippen LogP contribution in [0.1, 0.15) is 46.5 Å². The van der Waals surface area contributed by atoms with E-state index in [0.717, 1.165) is 56.3 Å². The molecule has 4 nitrogen and oxygen atoms in total. The number of amides is 1. The Morgan fingerprint density at radius 2 is 1.58 bits per heavy atom. The molecule has 0 saturated carbocycles. The SMILES string of the molecule is CCCCN(CCCC)C(=O)OCC[N+](C)(C)CC. The first-order valence-corrected chi connectivity index (χ1v) is 7.70. The molecule has 0 aliphatic rings. The van der Waals surface area contributed by atoms with Gasteiger partial charge >= 0.3 is 6.09 Å². The van der Waals surface area contributed by atoms with E-state index in [2.05, 4.69) is 34.9 Å². The molecule has 0 spiro atoms. The summed E-state index contributed by atoms with van der Waals surface area (Å²) in [4.78, 5) is 13.9. The Kier molecular flexibility index (Phi) is 9.66. The van der Waals surface area contributed by atoms with Gasteiger partial charge < -0.3 is 14.1 Å². The highest BCUT2D eigenvalue weighted by atomic mass is 16.6. The molecule has 0 radical (unpaired) electrons. The molecule has 1 amide bonds. The third-order valence-electron chi connectivity index (χ3n) is 3.60. The zero-order valence-corrected chi connectivity index (χ0v) is 13.6. The maximum absolute atomic E-state index is 12.0. The molecule has 0 saturated heterocycles. The van der Waals surface area contributed by atoms with Crippen LogP contribution in [-0.4, -0.2) is 62.4 Å². The molecule has 0 heterocycles. The van der Waals surface area contributed by atoms with Crippen LogP contribution in [0.25, 0.3) is 0 Å². The van der Waals surface area contributed by atoms with Gasteiger partial charge in [-0.25, -0.2) is 4.79 Å². The summed E-state index contributed by atoms with van der Waals surface area (Å²) in [6.45, 7) is 10.5. The second kappa shape index (κ2) is 10.1. The van der Waals surface area contributed by atoms with Crippen LogP contribution in [0.2, 0.25) is 0 Å². The van der Waals surface area contributed by atoms with Gasteiger partial charge in [0, 0.05) is 13.1 Å². The third kappa shape index (κ3) is 8.87. The minimum Gasteiger partial charge on any atom is -0.443 e. The van der Waals surface area contributed by atoms with Gasteiger partial charge in [0.15, 0.2) is 0 Å². The van der Waals surface area contributed by atoms with Crippen molar-refractivity contribution in [2.75, 3.05) is 46.9 Å². The first kappa shape index (κ1) is 18.2. The molecule has 0 rings (SSSR count). The monoisotopic (exact) mass is 273 g/mol. The molecule has 0 unspecified atom stereocenters. The number of hydrogen-bond acceptors (Lipinski definition) is 2. The van der Waals surface area contributed by atoms with Crippen LogP contribution in [0, 0.1) is 0 Å². The maximum Gasteiger partial charge on any atom is 0.409 e. The first-order chi connectivity index (χ1) is 8.96. The smallest absolute Gasteiger partial charge is 0.409 e. The van der Waals surface area contributed by atoms with Crippen molar-refractivity contribution in [1.29, 1.82) is 0 Å². The lowest BCUT2D eigenvalue weighted by Gasteiger charge is -2.28. The van der Waals surface area contributed by atoms with Crippen molar-refractivity contribution in [3.8, 4) is 0 Å². The molecule has 19 heavy (non-hydrogen) atoms. The quantitative estimate of drug-likeness (QED) is 0.572. The summed E-state index contributed by atoms with van der Waals surface area (Å²) in [7, 11) is 4.31. The van der Waals surface area contributed by atoms with E-state index in [1.807, 2.05) is 4.90 Å². The van der Waals surface area contributed by atoms with Crippen molar-refractivity contribution in [2.45, 2.75) is 46.5 Å². The van der Waals surface area contributed by atoms with Crippen molar-refractivity contribution < 1.29 is 14.0 Å². The molecule has 0 aromatic rings. The van der Waals surface area contributed by atoms with Crippen LogP contribution >= 0.6 is 0 Å². The molecule has 0 aromatic carbocycles. The molecular weight excluding hydrogens is 240 g/mol. The van der Waals surface area contributed by atoms with Gasteiger partial charge in [0.1, 0.15) is 13.2 Å². The summed E-state index contributed by atoms with van der Waals surface area (Å²) in [6, 6.07) is 0. The van der Waals surface area contributed by atoms with Gasteiger partial charge in [-0.15, -0.1) is 0 Å². The van der Waals surface area contributed by atoms with Crippen LogP contribution in [-0.2, 0) is 4.74 Å². The van der Waals surface area contributed by atoms with E-state index in [-0.39, 0.29) is 6.09 Å². The molecule has 0 atom stereocenters. The summed E-state index contributed by atoms with van der Waals surface area (Å²) in [5.41, 5.74) is 0. The average molecular weight is 273 g/mol. The summed E-state index contributed by atoms with van der Waals surface area (Å²) >= 11 is 0. The van der Waals surface area contributed by atoms with Gasteiger partial charge in [-0.05, 0) is 19.8 Å². The largest absolute Gasteiger partial charge is 0.443 e. The van der Waals surface area contributed by atoms with Gasteiger partial charge in [-0.1, -0.05) is 26.7 Å². The Balaban J connectivity index is 4.08. The molecule has 0 bridgehead atoms. The second-order valence-electron chi connectivity index (χ2n) is 5.78. The minimum atomic E-state index is -0.141. The van der Waals surface area contributed by atoms with Crippen molar-refractivity contribution in [2.24, 2.45) is 0 Å². The van der Waals surface area contributed by atoms with E-state index < -0.39 is 0 Å². The molecule has 0 fully saturated rings. The maximum atomic E-state index is 12.0. The number of carbonyl (C=O) groups is 1. The number of carbonyl (C=O) groups excluding carboxylic acids is 1. The van der Waals surface area contributed by atoms with E-state index >= 15 is 0 Å². The van der Waals surface area contributed by atoms with E-state index in [0.29, 0.717) is 6.61 Å². The topological polar surface area (TPSA) is 29.5 Å². The molecule has 0 aliphatic heterocycles. The molecule has 0 aromatic heterocycles. The van der Waals surface area contributed by atoms with Crippen molar-refractivity contribution in [3.63, 3.8) is 0 Å². The van der Waals surface area contributed by atoms with E-state index in [1.165, 1.54) is 0 Å². The number of quaternary nitrogens is 1. The Hall–Kier alpha value is -0.770. The van der Waals surface area contributed by atoms with Crippen LogP contribution in [0.15, 0.2) is 0 Å². The number of likely N-dealkylation sites (N-methyl/N-ethyl adjacent to an activating group) is 1. The standard InChI is InChI=1S/C15H33N2O2/c1-6-9-11-16(12-10-7-2)15(18)19-14-13-17(4,5)8-3/h6-14H2,1-5H3/q+1. The van der Waals surface area contributed by atoms with E-state index in [1.54, 1.807) is 0 Å². The van der Waals surface area contributed by atoms with Gasteiger partial charge in [0.2, 0.25) is 0 Å². The number of rotatable bonds is 10. The van der Waals surface area contributed by atoms with Crippen molar-refractivity contribution in [3.05, 3.63) is 0 Å². The van der Waals surface area contributed by atoms with Gasteiger partial charge in [0.05, 0.1) is 20.6 Å². The van der Waals surface area contributed by atoms with Gasteiger partial charge in [0.25, 0.3) is 0 Å². The Labute approximate surface area is 119 Å². The highest BCUT2D eigenvalue weighted by molar-refractivity contribution is 5.67. The fraction of sp³-hybridized carbons (Fsp3) is 0.933. The lowest BCUT2D eigenvalue weighted by molar-refractivity contribution is -0.888. The van der Waals surface area contributed by atoms with Gasteiger partial charge in [-0.3, -0.25) is 0 Å². The van der Waals surface area contributed by atoms with Gasteiger partial charge in [-0.2, -0.15) is 0 Å². The highest BCUT2D eigenvalue weighted by Crippen LogP contribution is 2.03. The number of nitrogens with zero attached hydrogens (tertiary/aromatic N) is 2. The fourth-order valence-electron chi connectivity index (χ4n) is 1.62. The fourth-order valence-corrected chi connectivity index (χ4v) is 1.62. The predicted molar refractivity (Wildman–Crippen MR) is 80.3 cm³/mol. The zero-order chi connectivity index (χ0) is 14.7. The summed E-state index contributed by atoms with van der Waals surface area (Å²) < 4.78 is 6.29. The molecule has 114 valence electrons. The Morgan fingerprint density at radius 3 is 2.00 bits per heavy atom. The minimum absolute atomic E-state index is 0.141. The van der Waals surface area contributed by atoms with E-state index in [4.69, 9.17) is 4.74 Å². The number of ether oxygens (including phenoxy) is 1. The summed E-state index contributed by atoms with van der Waals surface area (Å²) in [5, 5.41) is 0. The van der Waals surface area contributed by atoms with Crippen molar-refractivity contribution >= 4 is 6.09 Å². The molecule has 0 N–H and O–H groups in total. The summed E-state index contributed by atoms with van der Waals surface area (Å²) in [5.74, 6) is 0. The zero-order valence-electron chi connectivity index (χ0n) is 13.6. The van der Waals surface area contributed by atoms with Crippen LogP contribution in [0.4, 0.5) is 4.79 Å². The lowest BCUT2D eigenvalue weighted by Crippen LogP contribution is -2.43. The molecule has 0 aliphatic carbocycles. The second-order valence-corrected chi connectivity index (χ2v) is 5.78. The Morgan fingerprint density at radius 1 is 1.05 bits per heavy atom. The first-order valence-electron chi connectivity index (χ1n) is 7.70. The van der Waals surface area contributed by atoms with Crippen LogP contribution < -0.4 is 0 Å². The lowest BCUT2D eigenvalue weighted by atomic mass is 10.3.